The molecule has 0 bridgehead atoms. The third kappa shape index (κ3) is 2.79. The number of anilines is 1. The first-order valence-electron chi connectivity index (χ1n) is 5.15. The van der Waals surface area contributed by atoms with E-state index < -0.39 is 0 Å². The largest absolute Gasteiger partial charge is 0.323 e. The molecule has 0 saturated carbocycles. The highest BCUT2D eigenvalue weighted by molar-refractivity contribution is 7.09. The molecule has 3 nitrogen and oxygen atoms in total. The van der Waals surface area contributed by atoms with E-state index in [-0.39, 0.29) is 5.91 Å². The fourth-order valence-corrected chi connectivity index (χ4v) is 2.07. The average Bonchev–Trinajstić information content (AvgIpc) is 2.76. The number of nitrogens with one attached hydrogen (secondary N) is 1. The molecule has 17 heavy (non-hydrogen) atoms. The Balaban J connectivity index is 2.28. The van der Waals surface area contributed by atoms with Gasteiger partial charge < -0.3 is 5.32 Å². The molecule has 2 rings (SSSR count). The van der Waals surface area contributed by atoms with Gasteiger partial charge in [0.25, 0.3) is 0 Å². The van der Waals surface area contributed by atoms with Crippen LogP contribution in [0.15, 0.2) is 42.3 Å². The van der Waals surface area contributed by atoms with Gasteiger partial charge in [0, 0.05) is 16.6 Å². The second-order valence-electron chi connectivity index (χ2n) is 3.53. The van der Waals surface area contributed by atoms with E-state index >= 15 is 0 Å². The number of aromatic nitrogens is 1. The van der Waals surface area contributed by atoms with E-state index in [0.29, 0.717) is 0 Å². The minimum absolute atomic E-state index is 0.211. The molecular weight excluding hydrogens is 232 g/mol. The van der Waals surface area contributed by atoms with Gasteiger partial charge in [-0.2, -0.15) is 0 Å². The predicted octanol–water partition coefficient (Wildman–Crippen LogP) is 3.24. The highest BCUT2D eigenvalue weighted by Gasteiger charge is 2.03. The molecule has 0 aliphatic heterocycles. The summed E-state index contributed by atoms with van der Waals surface area (Å²) in [7, 11) is 0. The van der Waals surface area contributed by atoms with Crippen LogP contribution in [0.2, 0.25) is 0 Å². The van der Waals surface area contributed by atoms with Crippen molar-refractivity contribution in [1.82, 2.24) is 4.98 Å². The second kappa shape index (κ2) is 4.93. The van der Waals surface area contributed by atoms with Crippen molar-refractivity contribution in [2.24, 2.45) is 0 Å². The van der Waals surface area contributed by atoms with Crippen LogP contribution in [0, 0.1) is 6.92 Å². The van der Waals surface area contributed by atoms with Crippen LogP contribution < -0.4 is 5.32 Å². The summed E-state index contributed by atoms with van der Waals surface area (Å²) in [5.74, 6) is -0.211. The van der Waals surface area contributed by atoms with Gasteiger partial charge in [-0.05, 0) is 25.1 Å². The zero-order valence-corrected chi connectivity index (χ0v) is 10.3. The maximum Gasteiger partial charge on any atom is 0.247 e. The second-order valence-corrected chi connectivity index (χ2v) is 4.59. The molecule has 1 aromatic carbocycles. The van der Waals surface area contributed by atoms with Crippen molar-refractivity contribution in [1.29, 1.82) is 0 Å². The third-order valence-corrected chi connectivity index (χ3v) is 3.00. The summed E-state index contributed by atoms with van der Waals surface area (Å²) in [5, 5.41) is 5.76. The van der Waals surface area contributed by atoms with E-state index in [1.165, 1.54) is 6.08 Å². The maximum atomic E-state index is 11.2. The lowest BCUT2D eigenvalue weighted by Gasteiger charge is -2.03. The van der Waals surface area contributed by atoms with Crippen LogP contribution in [0.3, 0.4) is 0 Å². The molecule has 86 valence electrons. The number of aryl methyl sites for hydroxylation is 1. The first kappa shape index (κ1) is 11.5. The molecule has 0 unspecified atom stereocenters. The number of rotatable bonds is 3. The van der Waals surface area contributed by atoms with Gasteiger partial charge in [0.1, 0.15) is 0 Å². The lowest BCUT2D eigenvalue weighted by Crippen LogP contribution is -2.06. The Bertz CT molecular complexity index is 560. The predicted molar refractivity (Wildman–Crippen MR) is 71.1 cm³/mol. The summed E-state index contributed by atoms with van der Waals surface area (Å²) < 4.78 is 0. The fraction of sp³-hybridized carbons (Fsp3) is 0.0769. The van der Waals surface area contributed by atoms with E-state index in [1.54, 1.807) is 11.3 Å². The molecular formula is C13H12N2OS. The SMILES string of the molecule is C=CC(=O)Nc1cccc(-c2csc(C)n2)c1. The molecule has 0 aliphatic rings. The van der Waals surface area contributed by atoms with Crippen molar-refractivity contribution < 1.29 is 4.79 Å². The molecule has 0 spiro atoms. The van der Waals surface area contributed by atoms with Crippen molar-refractivity contribution in [2.75, 3.05) is 5.32 Å². The van der Waals surface area contributed by atoms with E-state index in [4.69, 9.17) is 0 Å². The Morgan fingerprint density at radius 1 is 1.53 bits per heavy atom. The summed E-state index contributed by atoms with van der Waals surface area (Å²) in [6.45, 7) is 5.39. The van der Waals surface area contributed by atoms with E-state index in [1.807, 2.05) is 36.6 Å². The van der Waals surface area contributed by atoms with Crippen LogP contribution in [0.4, 0.5) is 5.69 Å². The van der Waals surface area contributed by atoms with Crippen LogP contribution in [0.25, 0.3) is 11.3 Å². The average molecular weight is 244 g/mol. The van der Waals surface area contributed by atoms with Gasteiger partial charge in [-0.3, -0.25) is 4.79 Å². The number of carbonyl (C=O) groups excluding carboxylic acids is 1. The minimum Gasteiger partial charge on any atom is -0.323 e. The Morgan fingerprint density at radius 3 is 3.00 bits per heavy atom. The molecule has 4 heteroatoms. The number of hydrogen-bond donors (Lipinski definition) is 1. The lowest BCUT2D eigenvalue weighted by atomic mass is 10.1. The normalized spacial score (nSPS) is 9.94. The van der Waals surface area contributed by atoms with Gasteiger partial charge in [-0.15, -0.1) is 11.3 Å². The lowest BCUT2D eigenvalue weighted by molar-refractivity contribution is -0.111. The molecule has 0 saturated heterocycles. The van der Waals surface area contributed by atoms with Gasteiger partial charge in [-0.25, -0.2) is 4.98 Å². The first-order chi connectivity index (χ1) is 8.19. The van der Waals surface area contributed by atoms with Crippen LogP contribution in [-0.2, 0) is 4.79 Å². The number of benzene rings is 1. The molecule has 0 atom stereocenters. The first-order valence-corrected chi connectivity index (χ1v) is 6.03. The van der Waals surface area contributed by atoms with E-state index in [2.05, 4.69) is 16.9 Å². The highest BCUT2D eigenvalue weighted by atomic mass is 32.1. The van der Waals surface area contributed by atoms with Gasteiger partial charge in [0.2, 0.25) is 5.91 Å². The van der Waals surface area contributed by atoms with Gasteiger partial charge in [0.05, 0.1) is 10.7 Å². The highest BCUT2D eigenvalue weighted by Crippen LogP contribution is 2.24. The van der Waals surface area contributed by atoms with Crippen molar-refractivity contribution in [3.05, 3.63) is 47.3 Å². The van der Waals surface area contributed by atoms with Crippen molar-refractivity contribution in [2.45, 2.75) is 6.92 Å². The third-order valence-electron chi connectivity index (χ3n) is 2.23. The molecule has 2 aromatic rings. The van der Waals surface area contributed by atoms with Gasteiger partial charge in [0.15, 0.2) is 0 Å². The molecule has 1 amide bonds. The molecule has 0 aliphatic carbocycles. The number of nitrogens with zero attached hydrogens (tertiary/aromatic N) is 1. The van der Waals surface area contributed by atoms with Gasteiger partial charge >= 0.3 is 0 Å². The van der Waals surface area contributed by atoms with Crippen LogP contribution in [-0.4, -0.2) is 10.9 Å². The van der Waals surface area contributed by atoms with Crippen molar-refractivity contribution in [3.63, 3.8) is 0 Å². The van der Waals surface area contributed by atoms with Crippen LogP contribution in [0.5, 0.6) is 0 Å². The molecule has 1 heterocycles. The monoisotopic (exact) mass is 244 g/mol. The quantitative estimate of drug-likeness (QED) is 0.842. The maximum absolute atomic E-state index is 11.2. The summed E-state index contributed by atoms with van der Waals surface area (Å²) in [5.41, 5.74) is 2.68. The standard InChI is InChI=1S/C13H12N2OS/c1-3-13(16)15-11-6-4-5-10(7-11)12-8-17-9(2)14-12/h3-8H,1H2,2H3,(H,15,16). The summed E-state index contributed by atoms with van der Waals surface area (Å²) in [6, 6.07) is 7.60. The smallest absolute Gasteiger partial charge is 0.247 e. The zero-order valence-electron chi connectivity index (χ0n) is 9.43. The molecule has 0 fully saturated rings. The Hall–Kier alpha value is -1.94. The minimum atomic E-state index is -0.211. The van der Waals surface area contributed by atoms with Gasteiger partial charge in [-0.1, -0.05) is 18.7 Å². The number of hydrogen-bond acceptors (Lipinski definition) is 3. The summed E-state index contributed by atoms with van der Waals surface area (Å²) in [4.78, 5) is 15.6. The summed E-state index contributed by atoms with van der Waals surface area (Å²) >= 11 is 1.61. The number of amides is 1. The number of carbonyl (C=O) groups is 1. The fourth-order valence-electron chi connectivity index (χ4n) is 1.45. The number of thiazole rings is 1. The van der Waals surface area contributed by atoms with Crippen molar-refractivity contribution >= 4 is 22.9 Å². The molecule has 1 aromatic heterocycles. The Labute approximate surface area is 104 Å². The van der Waals surface area contributed by atoms with Crippen LogP contribution >= 0.6 is 11.3 Å². The zero-order chi connectivity index (χ0) is 12.3. The molecule has 0 radical (unpaired) electrons. The van der Waals surface area contributed by atoms with E-state index in [9.17, 15) is 4.79 Å². The summed E-state index contributed by atoms with van der Waals surface area (Å²) in [6.07, 6.45) is 1.25. The Kier molecular flexibility index (Phi) is 3.35. The van der Waals surface area contributed by atoms with E-state index in [0.717, 1.165) is 22.0 Å². The van der Waals surface area contributed by atoms with Crippen molar-refractivity contribution in [3.8, 4) is 11.3 Å². The molecule has 1 N–H and O–H groups in total. The Morgan fingerprint density at radius 2 is 2.35 bits per heavy atom. The van der Waals surface area contributed by atoms with Crippen LogP contribution in [0.1, 0.15) is 5.01 Å². The topological polar surface area (TPSA) is 42.0 Å².